The molecular weight excluding hydrogens is 178 g/mol. The molecule has 3 heteroatoms. The molecule has 0 atom stereocenters. The summed E-state index contributed by atoms with van der Waals surface area (Å²) in [6, 6.07) is 3.47. The van der Waals surface area contributed by atoms with E-state index in [0.29, 0.717) is 12.2 Å². The van der Waals surface area contributed by atoms with Crippen LogP contribution in [-0.2, 0) is 11.2 Å². The first-order chi connectivity index (χ1) is 6.77. The normalized spacial score (nSPS) is 9.86. The number of carbonyl (C=O) groups excluding carboxylic acids is 1. The minimum atomic E-state index is -0.271. The fourth-order valence-electron chi connectivity index (χ4n) is 1.21. The van der Waals surface area contributed by atoms with Crippen LogP contribution in [0.15, 0.2) is 18.3 Å². The van der Waals surface area contributed by atoms with Gasteiger partial charge in [-0.1, -0.05) is 13.3 Å². The zero-order chi connectivity index (χ0) is 10.4. The Labute approximate surface area is 84.1 Å². The minimum Gasteiger partial charge on any atom is -0.462 e. The molecule has 0 aromatic carbocycles. The van der Waals surface area contributed by atoms with Gasteiger partial charge in [-0.2, -0.15) is 0 Å². The monoisotopic (exact) mass is 193 g/mol. The molecule has 0 spiro atoms. The van der Waals surface area contributed by atoms with E-state index in [1.807, 2.05) is 0 Å². The van der Waals surface area contributed by atoms with Crippen LogP contribution < -0.4 is 0 Å². The van der Waals surface area contributed by atoms with Crippen molar-refractivity contribution in [2.24, 2.45) is 0 Å². The maximum Gasteiger partial charge on any atom is 0.338 e. The molecule has 0 aliphatic heterocycles. The third-order valence-electron chi connectivity index (χ3n) is 1.83. The molecular formula is C11H15NO2. The third kappa shape index (κ3) is 2.83. The van der Waals surface area contributed by atoms with Crippen LogP contribution >= 0.6 is 0 Å². The molecule has 76 valence electrons. The van der Waals surface area contributed by atoms with Crippen LogP contribution in [0.1, 0.15) is 36.3 Å². The fourth-order valence-corrected chi connectivity index (χ4v) is 1.21. The van der Waals surface area contributed by atoms with Crippen LogP contribution in [0.2, 0.25) is 0 Å². The lowest BCUT2D eigenvalue weighted by molar-refractivity contribution is 0.0526. The number of nitrogens with zero attached hydrogens (tertiary/aromatic N) is 1. The largest absolute Gasteiger partial charge is 0.462 e. The van der Waals surface area contributed by atoms with Crippen molar-refractivity contribution in [3.63, 3.8) is 0 Å². The van der Waals surface area contributed by atoms with Crippen molar-refractivity contribution in [1.82, 2.24) is 4.98 Å². The van der Waals surface area contributed by atoms with Crippen LogP contribution in [-0.4, -0.2) is 17.6 Å². The number of aryl methyl sites for hydroxylation is 1. The molecule has 0 aliphatic carbocycles. The SMILES string of the molecule is CCCc1cc(C(=O)OCC)ccn1. The number of hydrogen-bond donors (Lipinski definition) is 0. The van der Waals surface area contributed by atoms with Crippen molar-refractivity contribution in [1.29, 1.82) is 0 Å². The number of hydrogen-bond acceptors (Lipinski definition) is 3. The van der Waals surface area contributed by atoms with Gasteiger partial charge in [0.25, 0.3) is 0 Å². The quantitative estimate of drug-likeness (QED) is 0.688. The number of esters is 1. The van der Waals surface area contributed by atoms with Gasteiger partial charge < -0.3 is 4.74 Å². The van der Waals surface area contributed by atoms with Gasteiger partial charge in [-0.15, -0.1) is 0 Å². The second-order valence-electron chi connectivity index (χ2n) is 3.01. The summed E-state index contributed by atoms with van der Waals surface area (Å²) in [4.78, 5) is 15.5. The predicted octanol–water partition coefficient (Wildman–Crippen LogP) is 2.21. The molecule has 0 bridgehead atoms. The van der Waals surface area contributed by atoms with E-state index in [9.17, 15) is 4.79 Å². The molecule has 0 N–H and O–H groups in total. The van der Waals surface area contributed by atoms with E-state index < -0.39 is 0 Å². The number of pyridine rings is 1. The van der Waals surface area contributed by atoms with Crippen molar-refractivity contribution >= 4 is 5.97 Å². The summed E-state index contributed by atoms with van der Waals surface area (Å²) in [5, 5.41) is 0. The van der Waals surface area contributed by atoms with Gasteiger partial charge in [-0.05, 0) is 25.5 Å². The molecule has 0 radical (unpaired) electrons. The van der Waals surface area contributed by atoms with E-state index in [0.717, 1.165) is 18.5 Å². The summed E-state index contributed by atoms with van der Waals surface area (Å²) in [5.41, 5.74) is 1.53. The highest BCUT2D eigenvalue weighted by Gasteiger charge is 2.06. The number of ether oxygens (including phenoxy) is 1. The molecule has 3 nitrogen and oxygen atoms in total. The number of rotatable bonds is 4. The van der Waals surface area contributed by atoms with E-state index in [4.69, 9.17) is 4.74 Å². The maximum absolute atomic E-state index is 11.4. The van der Waals surface area contributed by atoms with Crippen molar-refractivity contribution in [3.8, 4) is 0 Å². The highest BCUT2D eigenvalue weighted by molar-refractivity contribution is 5.89. The van der Waals surface area contributed by atoms with Gasteiger partial charge in [-0.25, -0.2) is 4.79 Å². The molecule has 0 amide bonds. The van der Waals surface area contributed by atoms with Gasteiger partial charge in [0.15, 0.2) is 0 Å². The number of aromatic nitrogens is 1. The lowest BCUT2D eigenvalue weighted by atomic mass is 10.2. The van der Waals surface area contributed by atoms with Crippen molar-refractivity contribution in [2.75, 3.05) is 6.61 Å². The Bertz CT molecular complexity index is 310. The Morgan fingerprint density at radius 2 is 2.29 bits per heavy atom. The average molecular weight is 193 g/mol. The highest BCUT2D eigenvalue weighted by atomic mass is 16.5. The van der Waals surface area contributed by atoms with Gasteiger partial charge >= 0.3 is 5.97 Å². The molecule has 0 saturated carbocycles. The fraction of sp³-hybridized carbons (Fsp3) is 0.455. The summed E-state index contributed by atoms with van der Waals surface area (Å²) in [5.74, 6) is -0.271. The Balaban J connectivity index is 2.77. The second-order valence-corrected chi connectivity index (χ2v) is 3.01. The molecule has 1 heterocycles. The maximum atomic E-state index is 11.4. The Hall–Kier alpha value is -1.38. The molecule has 1 aromatic heterocycles. The summed E-state index contributed by atoms with van der Waals surface area (Å²) in [6.45, 7) is 4.29. The zero-order valence-corrected chi connectivity index (χ0v) is 8.62. The Morgan fingerprint density at radius 3 is 2.93 bits per heavy atom. The summed E-state index contributed by atoms with van der Waals surface area (Å²) in [6.07, 6.45) is 3.57. The molecule has 0 fully saturated rings. The topological polar surface area (TPSA) is 39.2 Å². The Kier molecular flexibility index (Phi) is 4.11. The molecule has 0 saturated heterocycles. The standard InChI is InChI=1S/C11H15NO2/c1-3-5-10-8-9(6-7-12-10)11(13)14-4-2/h6-8H,3-5H2,1-2H3. The van der Waals surface area contributed by atoms with E-state index in [2.05, 4.69) is 11.9 Å². The number of carbonyl (C=O) groups is 1. The lowest BCUT2D eigenvalue weighted by Crippen LogP contribution is -2.05. The molecule has 0 aliphatic rings. The van der Waals surface area contributed by atoms with Crippen molar-refractivity contribution in [2.45, 2.75) is 26.7 Å². The first-order valence-corrected chi connectivity index (χ1v) is 4.90. The van der Waals surface area contributed by atoms with Crippen LogP contribution in [0.5, 0.6) is 0 Å². The van der Waals surface area contributed by atoms with Gasteiger partial charge in [0.2, 0.25) is 0 Å². The highest BCUT2D eigenvalue weighted by Crippen LogP contribution is 2.05. The van der Waals surface area contributed by atoms with Crippen LogP contribution in [0.4, 0.5) is 0 Å². The third-order valence-corrected chi connectivity index (χ3v) is 1.83. The average Bonchev–Trinajstić information content (AvgIpc) is 2.19. The van der Waals surface area contributed by atoms with Gasteiger partial charge in [0.1, 0.15) is 0 Å². The predicted molar refractivity (Wildman–Crippen MR) is 54.2 cm³/mol. The van der Waals surface area contributed by atoms with Gasteiger partial charge in [0, 0.05) is 11.9 Å². The molecule has 1 aromatic rings. The summed E-state index contributed by atoms with van der Waals surface area (Å²) >= 11 is 0. The van der Waals surface area contributed by atoms with Gasteiger partial charge in [0.05, 0.1) is 12.2 Å². The van der Waals surface area contributed by atoms with Crippen LogP contribution in [0.25, 0.3) is 0 Å². The smallest absolute Gasteiger partial charge is 0.338 e. The van der Waals surface area contributed by atoms with Gasteiger partial charge in [-0.3, -0.25) is 4.98 Å². The molecule has 1 rings (SSSR count). The minimum absolute atomic E-state index is 0.271. The van der Waals surface area contributed by atoms with E-state index >= 15 is 0 Å². The van der Waals surface area contributed by atoms with E-state index in [1.165, 1.54) is 0 Å². The first-order valence-electron chi connectivity index (χ1n) is 4.90. The Morgan fingerprint density at radius 1 is 1.50 bits per heavy atom. The van der Waals surface area contributed by atoms with E-state index in [-0.39, 0.29) is 5.97 Å². The zero-order valence-electron chi connectivity index (χ0n) is 8.62. The molecule has 0 unspecified atom stereocenters. The summed E-state index contributed by atoms with van der Waals surface area (Å²) in [7, 11) is 0. The second kappa shape index (κ2) is 5.37. The van der Waals surface area contributed by atoms with Crippen molar-refractivity contribution < 1.29 is 9.53 Å². The molecule has 14 heavy (non-hydrogen) atoms. The van der Waals surface area contributed by atoms with Crippen LogP contribution in [0, 0.1) is 0 Å². The van der Waals surface area contributed by atoms with E-state index in [1.54, 1.807) is 25.3 Å². The first kappa shape index (κ1) is 10.7. The van der Waals surface area contributed by atoms with Crippen molar-refractivity contribution in [3.05, 3.63) is 29.6 Å². The van der Waals surface area contributed by atoms with Crippen LogP contribution in [0.3, 0.4) is 0 Å². The summed E-state index contributed by atoms with van der Waals surface area (Å²) < 4.78 is 4.89. The lowest BCUT2D eigenvalue weighted by Gasteiger charge is -2.03.